The summed E-state index contributed by atoms with van der Waals surface area (Å²) in [6, 6.07) is 64.5. The van der Waals surface area contributed by atoms with Crippen LogP contribution in [0, 0.1) is 22.7 Å². The van der Waals surface area contributed by atoms with Crippen LogP contribution in [0.3, 0.4) is 0 Å². The molecular formula is C62H45N3O. The summed E-state index contributed by atoms with van der Waals surface area (Å²) >= 11 is 0. The molecule has 1 aromatic heterocycles. The Morgan fingerprint density at radius 2 is 1.26 bits per heavy atom. The van der Waals surface area contributed by atoms with Crippen LogP contribution >= 0.6 is 0 Å². The zero-order valence-electron chi connectivity index (χ0n) is 37.0. The highest BCUT2D eigenvalue weighted by atomic mass is 16.5. The second-order valence-corrected chi connectivity index (χ2v) is 20.2. The lowest BCUT2D eigenvalue weighted by Crippen LogP contribution is -2.14. The van der Waals surface area contributed by atoms with Gasteiger partial charge in [0, 0.05) is 44.2 Å². The molecule has 314 valence electrons. The van der Waals surface area contributed by atoms with Crippen molar-refractivity contribution < 1.29 is 4.74 Å². The van der Waals surface area contributed by atoms with E-state index in [0.717, 1.165) is 56.9 Å². The third-order valence-electron chi connectivity index (χ3n) is 16.7. The second-order valence-electron chi connectivity index (χ2n) is 20.2. The molecule has 0 amide bonds. The number of nitrogens with zero attached hydrogens (tertiary/aromatic N) is 3. The van der Waals surface area contributed by atoms with Gasteiger partial charge >= 0.3 is 0 Å². The van der Waals surface area contributed by atoms with Gasteiger partial charge in [-0.1, -0.05) is 124 Å². The van der Waals surface area contributed by atoms with E-state index in [0.29, 0.717) is 23.0 Å². The molecule has 9 aromatic rings. The Labute approximate surface area is 385 Å². The van der Waals surface area contributed by atoms with Gasteiger partial charge in [0.2, 0.25) is 0 Å². The van der Waals surface area contributed by atoms with Crippen molar-refractivity contribution in [1.82, 2.24) is 4.57 Å². The third-order valence-corrected chi connectivity index (χ3v) is 16.7. The van der Waals surface area contributed by atoms with Gasteiger partial charge in [-0.25, -0.2) is 0 Å². The normalized spacial score (nSPS) is 21.3. The van der Waals surface area contributed by atoms with Crippen molar-refractivity contribution in [3.05, 3.63) is 208 Å². The molecule has 66 heavy (non-hydrogen) atoms. The molecule has 3 saturated carbocycles. The van der Waals surface area contributed by atoms with Crippen molar-refractivity contribution >= 4 is 21.8 Å². The minimum absolute atomic E-state index is 0.0204. The van der Waals surface area contributed by atoms with Crippen LogP contribution in [-0.4, -0.2) is 4.57 Å². The monoisotopic (exact) mass is 847 g/mol. The SMILES string of the molecule is CC1(C)c2ccccc2-c2cc3c4cc(-c5ccc6c(c5)Oc5cc(-c7cccc(C#N)c7)ccc5C57CC5(c5cccc(C8CCCC8)c5)C67)ccc4n(-c4cccc(C#N)c4)c3cc21. The van der Waals surface area contributed by atoms with Gasteiger partial charge < -0.3 is 9.30 Å². The Morgan fingerprint density at radius 1 is 0.545 bits per heavy atom. The van der Waals surface area contributed by atoms with Gasteiger partial charge in [-0.05, 0) is 153 Å². The Morgan fingerprint density at radius 3 is 2.11 bits per heavy atom. The summed E-state index contributed by atoms with van der Waals surface area (Å²) in [5.41, 5.74) is 19.5. The van der Waals surface area contributed by atoms with Crippen LogP contribution in [0.4, 0.5) is 0 Å². The van der Waals surface area contributed by atoms with Crippen molar-refractivity contribution in [2.24, 2.45) is 0 Å². The maximum atomic E-state index is 9.96. The summed E-state index contributed by atoms with van der Waals surface area (Å²) in [6.45, 7) is 4.66. The van der Waals surface area contributed by atoms with Gasteiger partial charge in [0.25, 0.3) is 0 Å². The highest BCUT2D eigenvalue weighted by molar-refractivity contribution is 6.12. The minimum atomic E-state index is -0.152. The number of rotatable bonds is 5. The first kappa shape index (κ1) is 37.7. The van der Waals surface area contributed by atoms with Crippen LogP contribution in [0.15, 0.2) is 164 Å². The Kier molecular flexibility index (Phi) is 7.55. The smallest absolute Gasteiger partial charge is 0.131 e. The molecule has 5 aliphatic rings. The number of ether oxygens (including phenoxy) is 1. The van der Waals surface area contributed by atoms with E-state index in [1.54, 1.807) is 0 Å². The fourth-order valence-corrected chi connectivity index (χ4v) is 13.4. The molecule has 4 nitrogen and oxygen atoms in total. The van der Waals surface area contributed by atoms with Gasteiger partial charge in [-0.3, -0.25) is 0 Å². The van der Waals surface area contributed by atoms with Crippen molar-refractivity contribution in [1.29, 1.82) is 10.5 Å². The molecular weight excluding hydrogens is 803 g/mol. The minimum Gasteiger partial charge on any atom is -0.457 e. The first-order chi connectivity index (χ1) is 32.3. The summed E-state index contributed by atoms with van der Waals surface area (Å²) in [5.74, 6) is 2.82. The van der Waals surface area contributed by atoms with Crippen LogP contribution in [0.5, 0.6) is 11.5 Å². The van der Waals surface area contributed by atoms with Gasteiger partial charge in [-0.15, -0.1) is 0 Å². The molecule has 2 heterocycles. The Hall–Kier alpha value is -7.66. The molecule has 3 unspecified atom stereocenters. The number of fused-ring (bicyclic) bond motifs is 10. The van der Waals surface area contributed by atoms with Crippen molar-refractivity contribution in [2.45, 2.75) is 74.0 Å². The average molecular weight is 848 g/mol. The highest BCUT2D eigenvalue weighted by Gasteiger charge is 2.93. The lowest BCUT2D eigenvalue weighted by Gasteiger charge is -2.21. The lowest BCUT2D eigenvalue weighted by molar-refractivity contribution is 0.475. The third kappa shape index (κ3) is 4.97. The molecule has 4 aliphatic carbocycles. The Balaban J connectivity index is 0.940. The molecule has 8 aromatic carbocycles. The largest absolute Gasteiger partial charge is 0.457 e. The standard InChI is InChI=1S/C62H45N3O/c1-60(2)52-19-6-5-18-47(52)49-32-51-50-29-42(22-25-55(50)65(56(51)33-54(49)60)46-17-8-11-38(27-46)35-64)43-20-23-48-57(30-43)66-58-31-44(40-14-7-10-37(26-40)34-63)21-24-53(58)62-36-61(62,59(48)62)45-16-9-15-41(28-45)39-12-3-4-13-39/h5-11,14-33,39,59H,3-4,12-13,36H2,1-2H3. The summed E-state index contributed by atoms with van der Waals surface area (Å²) in [5, 5.41) is 22.1. The zero-order valence-corrected chi connectivity index (χ0v) is 37.0. The second kappa shape index (κ2) is 13.2. The quantitative estimate of drug-likeness (QED) is 0.173. The fourth-order valence-electron chi connectivity index (χ4n) is 13.4. The molecule has 3 atom stereocenters. The van der Waals surface area contributed by atoms with Crippen LogP contribution in [0.2, 0.25) is 0 Å². The first-order valence-electron chi connectivity index (χ1n) is 23.6. The predicted molar refractivity (Wildman–Crippen MR) is 264 cm³/mol. The molecule has 0 saturated heterocycles. The van der Waals surface area contributed by atoms with Crippen molar-refractivity contribution in [2.75, 3.05) is 0 Å². The Bertz CT molecular complexity index is 3700. The predicted octanol–water partition coefficient (Wildman–Crippen LogP) is 15.3. The van der Waals surface area contributed by atoms with Gasteiger partial charge in [0.05, 0.1) is 34.3 Å². The molecule has 0 radical (unpaired) electrons. The summed E-state index contributed by atoms with van der Waals surface area (Å²) in [7, 11) is 0. The van der Waals surface area contributed by atoms with E-state index in [9.17, 15) is 10.5 Å². The number of benzene rings is 8. The summed E-state index contributed by atoms with van der Waals surface area (Å²) in [4.78, 5) is 0. The molecule has 0 bridgehead atoms. The van der Waals surface area contributed by atoms with Gasteiger partial charge in [-0.2, -0.15) is 10.5 Å². The molecule has 1 spiro atoms. The van der Waals surface area contributed by atoms with E-state index in [1.165, 1.54) is 81.0 Å². The number of aromatic nitrogens is 1. The van der Waals surface area contributed by atoms with E-state index in [1.807, 2.05) is 36.4 Å². The van der Waals surface area contributed by atoms with Crippen LogP contribution < -0.4 is 4.74 Å². The van der Waals surface area contributed by atoms with Crippen molar-refractivity contribution in [3.8, 4) is 62.7 Å². The molecule has 4 heteroatoms. The average Bonchev–Trinajstić information content (AvgIpc) is 3.93. The van der Waals surface area contributed by atoms with Crippen LogP contribution in [0.25, 0.3) is 60.9 Å². The zero-order chi connectivity index (χ0) is 44.1. The molecule has 3 fully saturated rings. The number of hydrogen-bond acceptors (Lipinski definition) is 3. The summed E-state index contributed by atoms with van der Waals surface area (Å²) < 4.78 is 9.55. The van der Waals surface area contributed by atoms with E-state index in [4.69, 9.17) is 4.74 Å². The van der Waals surface area contributed by atoms with Crippen molar-refractivity contribution in [3.63, 3.8) is 0 Å². The van der Waals surface area contributed by atoms with E-state index >= 15 is 0 Å². The van der Waals surface area contributed by atoms with Crippen LogP contribution in [-0.2, 0) is 16.2 Å². The number of nitriles is 2. The van der Waals surface area contributed by atoms with E-state index in [2.05, 4.69) is 158 Å². The maximum absolute atomic E-state index is 9.96. The molecule has 1 aliphatic heterocycles. The van der Waals surface area contributed by atoms with Crippen LogP contribution in [0.1, 0.15) is 102 Å². The highest BCUT2D eigenvalue weighted by Crippen LogP contribution is 2.95. The maximum Gasteiger partial charge on any atom is 0.131 e. The fraction of sp³-hybridized carbons (Fsp3) is 0.194. The molecule has 0 N–H and O–H groups in total. The summed E-state index contributed by atoms with van der Waals surface area (Å²) in [6.07, 6.45) is 6.35. The first-order valence-corrected chi connectivity index (χ1v) is 23.6. The molecule has 14 rings (SSSR count). The topological polar surface area (TPSA) is 61.7 Å². The van der Waals surface area contributed by atoms with E-state index < -0.39 is 0 Å². The van der Waals surface area contributed by atoms with E-state index in [-0.39, 0.29) is 16.2 Å². The van der Waals surface area contributed by atoms with Gasteiger partial charge in [0.1, 0.15) is 11.5 Å². The lowest BCUT2D eigenvalue weighted by atomic mass is 9.82. The number of hydrogen-bond donors (Lipinski definition) is 0. The van der Waals surface area contributed by atoms with Gasteiger partial charge in [0.15, 0.2) is 0 Å².